The molecule has 0 unspecified atom stereocenters. The quantitative estimate of drug-likeness (QED) is 0.551. The normalized spacial score (nSPS) is 33.3. The van der Waals surface area contributed by atoms with Crippen LogP contribution in [0.2, 0.25) is 0 Å². The number of rotatable bonds is 0. The SMILES string of the molecule is CC.CN1CC[C@@](C)(N)C1. The van der Waals surface area contributed by atoms with Crippen molar-refractivity contribution in [3.8, 4) is 0 Å². The fourth-order valence-electron chi connectivity index (χ4n) is 1.22. The topological polar surface area (TPSA) is 29.3 Å². The van der Waals surface area contributed by atoms with Gasteiger partial charge in [0.05, 0.1) is 0 Å². The van der Waals surface area contributed by atoms with Gasteiger partial charge in [-0.3, -0.25) is 0 Å². The predicted molar refractivity (Wildman–Crippen MR) is 46.1 cm³/mol. The second-order valence-corrected chi connectivity index (χ2v) is 3.14. The van der Waals surface area contributed by atoms with Gasteiger partial charge >= 0.3 is 0 Å². The summed E-state index contributed by atoms with van der Waals surface area (Å²) in [6, 6.07) is 0. The Morgan fingerprint density at radius 3 is 2.00 bits per heavy atom. The van der Waals surface area contributed by atoms with E-state index in [9.17, 15) is 0 Å². The van der Waals surface area contributed by atoms with E-state index in [-0.39, 0.29) is 5.54 Å². The number of nitrogens with two attached hydrogens (primary N) is 1. The Labute approximate surface area is 64.4 Å². The Bertz CT molecular complexity index is 89.3. The Balaban J connectivity index is 0.000000371. The van der Waals surface area contributed by atoms with Gasteiger partial charge in [-0.25, -0.2) is 0 Å². The number of likely N-dealkylation sites (tertiary alicyclic amines) is 1. The molecule has 0 spiro atoms. The molecule has 1 rings (SSSR count). The van der Waals surface area contributed by atoms with E-state index < -0.39 is 0 Å². The summed E-state index contributed by atoms with van der Waals surface area (Å²) in [5, 5.41) is 0. The summed E-state index contributed by atoms with van der Waals surface area (Å²) < 4.78 is 0. The predicted octanol–water partition coefficient (Wildman–Crippen LogP) is 1.07. The van der Waals surface area contributed by atoms with E-state index in [4.69, 9.17) is 5.73 Å². The van der Waals surface area contributed by atoms with E-state index in [1.165, 1.54) is 0 Å². The first-order valence-electron chi connectivity index (χ1n) is 4.08. The molecule has 2 heteroatoms. The molecule has 0 amide bonds. The third kappa shape index (κ3) is 3.18. The first-order valence-corrected chi connectivity index (χ1v) is 4.08. The Hall–Kier alpha value is -0.0800. The Morgan fingerprint density at radius 2 is 1.90 bits per heavy atom. The van der Waals surface area contributed by atoms with E-state index in [0.717, 1.165) is 19.5 Å². The molecule has 1 fully saturated rings. The van der Waals surface area contributed by atoms with E-state index >= 15 is 0 Å². The minimum absolute atomic E-state index is 0.0920. The van der Waals surface area contributed by atoms with Crippen molar-refractivity contribution in [2.45, 2.75) is 32.7 Å². The van der Waals surface area contributed by atoms with E-state index in [2.05, 4.69) is 18.9 Å². The van der Waals surface area contributed by atoms with Crippen molar-refractivity contribution >= 4 is 0 Å². The van der Waals surface area contributed by atoms with Gasteiger partial charge in [0, 0.05) is 12.1 Å². The lowest BCUT2D eigenvalue weighted by Crippen LogP contribution is -2.38. The zero-order valence-electron chi connectivity index (χ0n) is 7.65. The average molecular weight is 144 g/mol. The van der Waals surface area contributed by atoms with Crippen LogP contribution in [0.5, 0.6) is 0 Å². The molecule has 1 aliphatic rings. The maximum atomic E-state index is 5.83. The summed E-state index contributed by atoms with van der Waals surface area (Å²) in [6.45, 7) is 8.32. The van der Waals surface area contributed by atoms with Gasteiger partial charge in [-0.1, -0.05) is 13.8 Å². The maximum Gasteiger partial charge on any atom is 0.0266 e. The monoisotopic (exact) mass is 144 g/mol. The highest BCUT2D eigenvalue weighted by atomic mass is 15.1. The summed E-state index contributed by atoms with van der Waals surface area (Å²) >= 11 is 0. The molecule has 1 atom stereocenters. The van der Waals surface area contributed by atoms with Gasteiger partial charge in [0.25, 0.3) is 0 Å². The molecule has 0 radical (unpaired) electrons. The highest BCUT2D eigenvalue weighted by Crippen LogP contribution is 2.14. The third-order valence-electron chi connectivity index (χ3n) is 1.70. The Kier molecular flexibility index (Phi) is 3.91. The molecule has 0 aliphatic carbocycles. The van der Waals surface area contributed by atoms with Crippen molar-refractivity contribution in [3.63, 3.8) is 0 Å². The van der Waals surface area contributed by atoms with Crippen LogP contribution in [-0.2, 0) is 0 Å². The number of hydrogen-bond acceptors (Lipinski definition) is 2. The molecule has 0 saturated carbocycles. The van der Waals surface area contributed by atoms with Gasteiger partial charge in [-0.05, 0) is 26.9 Å². The highest BCUT2D eigenvalue weighted by molar-refractivity contribution is 4.88. The van der Waals surface area contributed by atoms with Crippen LogP contribution in [-0.4, -0.2) is 30.6 Å². The second-order valence-electron chi connectivity index (χ2n) is 3.14. The minimum Gasteiger partial charge on any atom is -0.324 e. The smallest absolute Gasteiger partial charge is 0.0266 e. The highest BCUT2D eigenvalue weighted by Gasteiger charge is 2.26. The van der Waals surface area contributed by atoms with Crippen LogP contribution in [0.15, 0.2) is 0 Å². The average Bonchev–Trinajstić information content (AvgIpc) is 2.15. The molecule has 2 nitrogen and oxygen atoms in total. The molecular weight excluding hydrogens is 124 g/mol. The number of nitrogens with zero attached hydrogens (tertiary/aromatic N) is 1. The molecule has 0 bridgehead atoms. The third-order valence-corrected chi connectivity index (χ3v) is 1.70. The lowest BCUT2D eigenvalue weighted by Gasteiger charge is -2.15. The number of likely N-dealkylation sites (N-methyl/N-ethyl adjacent to an activating group) is 1. The second kappa shape index (κ2) is 3.94. The van der Waals surface area contributed by atoms with Crippen molar-refractivity contribution in [1.82, 2.24) is 4.90 Å². The molecule has 1 heterocycles. The summed E-state index contributed by atoms with van der Waals surface area (Å²) in [5.41, 5.74) is 5.92. The zero-order valence-corrected chi connectivity index (χ0v) is 7.65. The van der Waals surface area contributed by atoms with Crippen LogP contribution >= 0.6 is 0 Å². The van der Waals surface area contributed by atoms with Gasteiger partial charge < -0.3 is 10.6 Å². The lowest BCUT2D eigenvalue weighted by atomic mass is 10.0. The van der Waals surface area contributed by atoms with Gasteiger partial charge in [0.2, 0.25) is 0 Å². The molecular formula is C8H20N2. The number of hydrogen-bond donors (Lipinski definition) is 1. The summed E-state index contributed by atoms with van der Waals surface area (Å²) in [4.78, 5) is 2.26. The lowest BCUT2D eigenvalue weighted by molar-refractivity contribution is 0.382. The molecule has 0 aromatic carbocycles. The summed E-state index contributed by atoms with van der Waals surface area (Å²) in [7, 11) is 2.11. The van der Waals surface area contributed by atoms with E-state index in [1.807, 2.05) is 13.8 Å². The van der Waals surface area contributed by atoms with Crippen LogP contribution in [0.25, 0.3) is 0 Å². The molecule has 2 N–H and O–H groups in total. The van der Waals surface area contributed by atoms with Crippen LogP contribution in [0.3, 0.4) is 0 Å². The summed E-state index contributed by atoms with van der Waals surface area (Å²) in [6.07, 6.45) is 1.14. The van der Waals surface area contributed by atoms with Gasteiger partial charge in [0.15, 0.2) is 0 Å². The van der Waals surface area contributed by atoms with E-state index in [1.54, 1.807) is 0 Å². The molecule has 1 saturated heterocycles. The first-order chi connectivity index (χ1) is 4.60. The van der Waals surface area contributed by atoms with Crippen LogP contribution in [0.1, 0.15) is 27.2 Å². The fourth-order valence-corrected chi connectivity index (χ4v) is 1.22. The van der Waals surface area contributed by atoms with Crippen molar-refractivity contribution < 1.29 is 0 Å². The first kappa shape index (κ1) is 9.92. The van der Waals surface area contributed by atoms with Crippen LogP contribution < -0.4 is 5.73 Å². The zero-order chi connectivity index (χ0) is 8.20. The fraction of sp³-hybridized carbons (Fsp3) is 1.00. The molecule has 10 heavy (non-hydrogen) atoms. The minimum atomic E-state index is 0.0920. The van der Waals surface area contributed by atoms with Crippen molar-refractivity contribution in [3.05, 3.63) is 0 Å². The molecule has 1 aliphatic heterocycles. The van der Waals surface area contributed by atoms with Gasteiger partial charge in [-0.2, -0.15) is 0 Å². The molecule has 62 valence electrons. The maximum absolute atomic E-state index is 5.83. The summed E-state index contributed by atoms with van der Waals surface area (Å²) in [5.74, 6) is 0. The van der Waals surface area contributed by atoms with Crippen molar-refractivity contribution in [2.24, 2.45) is 5.73 Å². The van der Waals surface area contributed by atoms with Crippen LogP contribution in [0, 0.1) is 0 Å². The standard InChI is InChI=1S/C6H14N2.C2H6/c1-6(7)3-4-8(2)5-6;1-2/h3-5,7H2,1-2H3;1-2H3/t6-;/m1./s1. The Morgan fingerprint density at radius 1 is 1.40 bits per heavy atom. The van der Waals surface area contributed by atoms with Crippen molar-refractivity contribution in [2.75, 3.05) is 20.1 Å². The van der Waals surface area contributed by atoms with Gasteiger partial charge in [0.1, 0.15) is 0 Å². The molecule has 0 aromatic heterocycles. The van der Waals surface area contributed by atoms with E-state index in [0.29, 0.717) is 0 Å². The largest absolute Gasteiger partial charge is 0.324 e. The van der Waals surface area contributed by atoms with Gasteiger partial charge in [-0.15, -0.1) is 0 Å². The molecule has 0 aromatic rings. The van der Waals surface area contributed by atoms with Crippen LogP contribution in [0.4, 0.5) is 0 Å². The van der Waals surface area contributed by atoms with Crippen molar-refractivity contribution in [1.29, 1.82) is 0 Å².